The summed E-state index contributed by atoms with van der Waals surface area (Å²) in [5, 5.41) is 15.3. The summed E-state index contributed by atoms with van der Waals surface area (Å²) in [5.74, 6) is 0. The first-order chi connectivity index (χ1) is 11.1. The summed E-state index contributed by atoms with van der Waals surface area (Å²) >= 11 is 2.30. The standard InChI is InChI=1S/C18H37.CH2O3.Li/c1-3-5-7-9-11-13-15-17-18-16-14-12-10-8-6-4-2;2-1(3)4;/h1,3-18H2,2H3;(H2,2,3,4);. The molecular weight excluding hydrogens is 283 g/mol. The molecule has 3 nitrogen and oxygen atoms in total. The van der Waals surface area contributed by atoms with Crippen molar-refractivity contribution in [3.8, 4) is 0 Å². The van der Waals surface area contributed by atoms with Gasteiger partial charge in [-0.05, 0) is 0 Å². The van der Waals surface area contributed by atoms with Gasteiger partial charge in [-0.1, -0.05) is 39.0 Å². The fourth-order valence-corrected chi connectivity index (χ4v) is 2.80. The van der Waals surface area contributed by atoms with Gasteiger partial charge in [0.25, 0.3) is 0 Å². The maximum atomic E-state index is 8.56. The van der Waals surface area contributed by atoms with Crippen LogP contribution in [0.3, 0.4) is 0 Å². The van der Waals surface area contributed by atoms with Crippen LogP contribution in [0.5, 0.6) is 0 Å². The van der Waals surface area contributed by atoms with Gasteiger partial charge in [-0.25, -0.2) is 4.79 Å². The molecule has 0 amide bonds. The van der Waals surface area contributed by atoms with Gasteiger partial charge >= 0.3 is 99.6 Å². The van der Waals surface area contributed by atoms with Crippen molar-refractivity contribution in [3.05, 3.63) is 0 Å². The topological polar surface area (TPSA) is 57.5 Å². The van der Waals surface area contributed by atoms with E-state index in [9.17, 15) is 0 Å². The Bertz CT molecular complexity index is 203. The zero-order valence-electron chi connectivity index (χ0n) is 15.8. The molecule has 0 saturated heterocycles. The van der Waals surface area contributed by atoms with Crippen LogP contribution in [0.2, 0.25) is 5.09 Å². The molecular formula is C19H39LiO3. The second-order valence-corrected chi connectivity index (χ2v) is 6.59. The molecule has 0 aromatic carbocycles. The van der Waals surface area contributed by atoms with Gasteiger partial charge in [0, 0.05) is 0 Å². The van der Waals surface area contributed by atoms with Crippen LogP contribution in [0.25, 0.3) is 0 Å². The molecule has 0 unspecified atom stereocenters. The van der Waals surface area contributed by atoms with E-state index in [1.54, 1.807) is 0 Å². The fourth-order valence-electron chi connectivity index (χ4n) is 2.80. The molecule has 0 aliphatic rings. The molecule has 0 atom stereocenters. The molecule has 0 bridgehead atoms. The van der Waals surface area contributed by atoms with Crippen LogP contribution in [0.4, 0.5) is 4.79 Å². The average molecular weight is 322 g/mol. The van der Waals surface area contributed by atoms with Crippen molar-refractivity contribution >= 4 is 23.9 Å². The van der Waals surface area contributed by atoms with Crippen molar-refractivity contribution in [1.29, 1.82) is 0 Å². The predicted molar refractivity (Wildman–Crippen MR) is 101 cm³/mol. The Morgan fingerprint density at radius 1 is 0.609 bits per heavy atom. The van der Waals surface area contributed by atoms with Crippen molar-refractivity contribution < 1.29 is 15.0 Å². The van der Waals surface area contributed by atoms with Crippen molar-refractivity contribution in [2.75, 3.05) is 0 Å². The first kappa shape index (κ1) is 25.1. The summed E-state index contributed by atoms with van der Waals surface area (Å²) in [7, 11) is 0. The number of hydrogen-bond acceptors (Lipinski definition) is 1. The first-order valence-corrected chi connectivity index (χ1v) is 10.1. The molecule has 0 spiro atoms. The van der Waals surface area contributed by atoms with Crippen LogP contribution < -0.4 is 0 Å². The smallest absolute Gasteiger partial charge is 0.0654 e. The number of unbranched alkanes of at least 4 members (excludes halogenated alkanes) is 15. The van der Waals surface area contributed by atoms with Gasteiger partial charge in [0.05, 0.1) is 0 Å². The van der Waals surface area contributed by atoms with Gasteiger partial charge < -0.3 is 10.2 Å². The molecule has 0 radical (unpaired) electrons. The Morgan fingerprint density at radius 2 is 0.826 bits per heavy atom. The normalized spacial score (nSPS) is 10.2. The second kappa shape index (κ2) is 24.1. The maximum absolute atomic E-state index is 8.56. The van der Waals surface area contributed by atoms with E-state index in [1.807, 2.05) is 0 Å². The summed E-state index contributed by atoms with van der Waals surface area (Å²) in [6.07, 6.45) is 21.7. The van der Waals surface area contributed by atoms with Crippen molar-refractivity contribution in [2.24, 2.45) is 0 Å². The predicted octanol–water partition coefficient (Wildman–Crippen LogP) is 7.06. The van der Waals surface area contributed by atoms with Gasteiger partial charge in [0.1, 0.15) is 0 Å². The monoisotopic (exact) mass is 322 g/mol. The number of carbonyl (C=O) groups is 1. The fraction of sp³-hybridized carbons (Fsp3) is 0.947. The third kappa shape index (κ3) is 34.3. The minimum atomic E-state index is -1.83. The van der Waals surface area contributed by atoms with E-state index in [1.165, 1.54) is 108 Å². The molecule has 0 aliphatic heterocycles. The number of rotatable bonds is 16. The second-order valence-electron chi connectivity index (χ2n) is 6.59. The Morgan fingerprint density at radius 3 is 1.04 bits per heavy atom. The van der Waals surface area contributed by atoms with Gasteiger partial charge in [-0.15, -0.1) is 0 Å². The molecule has 0 heterocycles. The quantitative estimate of drug-likeness (QED) is 0.236. The molecule has 0 aromatic rings. The molecule has 0 aliphatic carbocycles. The summed E-state index contributed by atoms with van der Waals surface area (Å²) in [6, 6.07) is 0. The zero-order chi connectivity index (χ0) is 17.6. The summed E-state index contributed by atoms with van der Waals surface area (Å²) < 4.78 is 0. The molecule has 4 heteroatoms. The van der Waals surface area contributed by atoms with E-state index in [-0.39, 0.29) is 0 Å². The van der Waals surface area contributed by atoms with E-state index in [4.69, 9.17) is 15.0 Å². The van der Waals surface area contributed by atoms with E-state index in [2.05, 4.69) is 24.6 Å². The van der Waals surface area contributed by atoms with E-state index < -0.39 is 6.16 Å². The minimum absolute atomic E-state index is 1.37. The van der Waals surface area contributed by atoms with E-state index >= 15 is 0 Å². The molecule has 23 heavy (non-hydrogen) atoms. The first-order valence-electron chi connectivity index (χ1n) is 10.1. The summed E-state index contributed by atoms with van der Waals surface area (Å²) in [6.45, 7) is 2.30. The third-order valence-electron chi connectivity index (χ3n) is 4.21. The third-order valence-corrected chi connectivity index (χ3v) is 4.21. The van der Waals surface area contributed by atoms with Crippen LogP contribution in [-0.4, -0.2) is 34.1 Å². The summed E-state index contributed by atoms with van der Waals surface area (Å²) in [4.78, 5) is 8.56. The molecule has 0 saturated carbocycles. The Balaban J connectivity index is 0. The molecule has 0 fully saturated rings. The van der Waals surface area contributed by atoms with Crippen molar-refractivity contribution in [3.63, 3.8) is 0 Å². The Hall–Kier alpha value is -0.133. The minimum Gasteiger partial charge on any atom is -0.0654 e. The molecule has 0 rings (SSSR count). The number of hydrogen-bond donors (Lipinski definition) is 2. The molecule has 2 N–H and O–H groups in total. The van der Waals surface area contributed by atoms with E-state index in [0.29, 0.717) is 0 Å². The molecule has 0 aromatic heterocycles. The van der Waals surface area contributed by atoms with E-state index in [0.717, 1.165) is 0 Å². The zero-order valence-corrected chi connectivity index (χ0v) is 15.8. The van der Waals surface area contributed by atoms with Gasteiger partial charge in [-0.2, -0.15) is 0 Å². The van der Waals surface area contributed by atoms with Crippen molar-refractivity contribution in [1.82, 2.24) is 0 Å². The van der Waals surface area contributed by atoms with Gasteiger partial charge in [0.15, 0.2) is 0 Å². The van der Waals surface area contributed by atoms with Crippen LogP contribution in [-0.2, 0) is 0 Å². The van der Waals surface area contributed by atoms with Gasteiger partial charge in [-0.3, -0.25) is 0 Å². The van der Waals surface area contributed by atoms with Crippen LogP contribution in [0.1, 0.15) is 110 Å². The van der Waals surface area contributed by atoms with Crippen LogP contribution in [0.15, 0.2) is 0 Å². The van der Waals surface area contributed by atoms with Gasteiger partial charge in [0.2, 0.25) is 0 Å². The molecule has 134 valence electrons. The SMILES string of the molecule is O=C(O)O.[Li][CH2]CCCCCCCCCCCCCCCCC. The Labute approximate surface area is 153 Å². The van der Waals surface area contributed by atoms with Crippen LogP contribution in [0, 0.1) is 0 Å². The van der Waals surface area contributed by atoms with Crippen LogP contribution >= 0.6 is 0 Å². The average Bonchev–Trinajstić information content (AvgIpc) is 2.50. The Kier molecular flexibility index (Phi) is 26.3. The number of carboxylic acid groups (broad SMARTS) is 2. The summed E-state index contributed by atoms with van der Waals surface area (Å²) in [5.41, 5.74) is 0. The van der Waals surface area contributed by atoms with Crippen molar-refractivity contribution in [2.45, 2.75) is 115 Å².